The van der Waals surface area contributed by atoms with Crippen LogP contribution in [0.2, 0.25) is 0 Å². The summed E-state index contributed by atoms with van der Waals surface area (Å²) < 4.78 is 44.9. The fourth-order valence-corrected chi connectivity index (χ4v) is 2.15. The van der Waals surface area contributed by atoms with Crippen molar-refractivity contribution in [3.8, 4) is 5.75 Å². The molecule has 0 aliphatic carbocycles. The van der Waals surface area contributed by atoms with Gasteiger partial charge in [0, 0.05) is 18.1 Å². The van der Waals surface area contributed by atoms with Crippen LogP contribution in [0.15, 0.2) is 30.5 Å². The van der Waals surface area contributed by atoms with Crippen LogP contribution < -0.4 is 4.74 Å². The van der Waals surface area contributed by atoms with Gasteiger partial charge in [-0.1, -0.05) is 6.07 Å². The molecule has 7 heteroatoms. The van der Waals surface area contributed by atoms with Gasteiger partial charge >= 0.3 is 12.1 Å². The summed E-state index contributed by atoms with van der Waals surface area (Å²) in [6, 6.07) is 6.63. The summed E-state index contributed by atoms with van der Waals surface area (Å²) in [6.07, 6.45) is -3.35. The summed E-state index contributed by atoms with van der Waals surface area (Å²) in [5.41, 5.74) is 0.511. The molecule has 0 fully saturated rings. The highest BCUT2D eigenvalue weighted by molar-refractivity contribution is 5.86. The maximum Gasteiger partial charge on any atom is 0.403 e. The van der Waals surface area contributed by atoms with Gasteiger partial charge < -0.3 is 14.4 Å². The average Bonchev–Trinajstić information content (AvgIpc) is 2.79. The van der Waals surface area contributed by atoms with Crippen LogP contribution in [-0.2, 0) is 11.3 Å². The number of carbonyl (C=O) groups is 1. The first-order valence-electron chi connectivity index (χ1n) is 6.34. The van der Waals surface area contributed by atoms with Crippen LogP contribution in [0.1, 0.15) is 6.92 Å². The molecule has 0 aliphatic rings. The van der Waals surface area contributed by atoms with Gasteiger partial charge in [-0.15, -0.1) is 0 Å². The van der Waals surface area contributed by atoms with E-state index in [0.29, 0.717) is 23.3 Å². The first-order valence-corrected chi connectivity index (χ1v) is 6.34. The molecule has 21 heavy (non-hydrogen) atoms. The zero-order valence-corrected chi connectivity index (χ0v) is 11.2. The first-order chi connectivity index (χ1) is 9.84. The van der Waals surface area contributed by atoms with Gasteiger partial charge in [0.25, 0.3) is 0 Å². The SMILES string of the molecule is CCOc1cccc2c1ccn2CC(C(=O)O)C(F)(F)F. The maximum atomic E-state index is 12.7. The highest BCUT2D eigenvalue weighted by Crippen LogP contribution is 2.31. The lowest BCUT2D eigenvalue weighted by molar-refractivity contribution is -0.195. The minimum absolute atomic E-state index is 0.435. The predicted octanol–water partition coefficient (Wildman–Crippen LogP) is 3.30. The van der Waals surface area contributed by atoms with Crippen molar-refractivity contribution in [1.82, 2.24) is 4.57 Å². The second-order valence-electron chi connectivity index (χ2n) is 4.52. The van der Waals surface area contributed by atoms with Crippen molar-refractivity contribution >= 4 is 16.9 Å². The van der Waals surface area contributed by atoms with Gasteiger partial charge in [0.1, 0.15) is 5.75 Å². The quantitative estimate of drug-likeness (QED) is 0.922. The Labute approximate surface area is 118 Å². The molecule has 114 valence electrons. The van der Waals surface area contributed by atoms with Crippen LogP contribution in [0.5, 0.6) is 5.75 Å². The van der Waals surface area contributed by atoms with Crippen LogP contribution in [-0.4, -0.2) is 28.4 Å². The molecule has 4 nitrogen and oxygen atoms in total. The van der Waals surface area contributed by atoms with Crippen molar-refractivity contribution in [2.24, 2.45) is 5.92 Å². The zero-order chi connectivity index (χ0) is 15.6. The lowest BCUT2D eigenvalue weighted by atomic mass is 10.1. The number of hydrogen-bond acceptors (Lipinski definition) is 2. The number of fused-ring (bicyclic) bond motifs is 1. The standard InChI is InChI=1S/C14H14F3NO3/c1-2-21-12-5-3-4-11-9(12)6-7-18(11)8-10(13(19)20)14(15,16)17/h3-7,10H,2,8H2,1H3,(H,19,20). The summed E-state index contributed by atoms with van der Waals surface area (Å²) in [5, 5.41) is 9.42. The Balaban J connectivity index is 2.39. The van der Waals surface area contributed by atoms with Crippen LogP contribution in [0, 0.1) is 5.92 Å². The number of nitrogens with zero attached hydrogens (tertiary/aromatic N) is 1. The number of rotatable bonds is 5. The molecule has 0 saturated heterocycles. The van der Waals surface area contributed by atoms with E-state index in [4.69, 9.17) is 9.84 Å². The number of benzene rings is 1. The molecular weight excluding hydrogens is 287 g/mol. The van der Waals surface area contributed by atoms with E-state index in [1.165, 1.54) is 10.8 Å². The predicted molar refractivity (Wildman–Crippen MR) is 70.3 cm³/mol. The molecule has 0 spiro atoms. The summed E-state index contributed by atoms with van der Waals surface area (Å²) >= 11 is 0. The van der Waals surface area contributed by atoms with E-state index in [1.807, 2.05) is 0 Å². The third-order valence-corrected chi connectivity index (χ3v) is 3.15. The second-order valence-corrected chi connectivity index (χ2v) is 4.52. The zero-order valence-electron chi connectivity index (χ0n) is 11.2. The lowest BCUT2D eigenvalue weighted by Crippen LogP contribution is -2.34. The van der Waals surface area contributed by atoms with E-state index in [-0.39, 0.29) is 0 Å². The number of carboxylic acids is 1. The number of hydrogen-bond donors (Lipinski definition) is 1. The first kappa shape index (κ1) is 15.2. The minimum Gasteiger partial charge on any atom is -0.493 e. The molecule has 0 saturated carbocycles. The number of alkyl halides is 3. The van der Waals surface area contributed by atoms with Crippen LogP contribution in [0.3, 0.4) is 0 Å². The van der Waals surface area contributed by atoms with E-state index >= 15 is 0 Å². The van der Waals surface area contributed by atoms with Crippen LogP contribution >= 0.6 is 0 Å². The Kier molecular flexibility index (Phi) is 4.11. The molecule has 0 amide bonds. The largest absolute Gasteiger partial charge is 0.493 e. The van der Waals surface area contributed by atoms with Crippen LogP contribution in [0.25, 0.3) is 10.9 Å². The Morgan fingerprint density at radius 3 is 2.67 bits per heavy atom. The van der Waals surface area contributed by atoms with E-state index in [9.17, 15) is 18.0 Å². The molecule has 1 atom stereocenters. The average molecular weight is 301 g/mol. The van der Waals surface area contributed by atoms with Gasteiger partial charge in [0.05, 0.1) is 12.1 Å². The van der Waals surface area contributed by atoms with Crippen molar-refractivity contribution < 1.29 is 27.8 Å². The number of aromatic nitrogens is 1. The molecule has 0 aliphatic heterocycles. The maximum absolute atomic E-state index is 12.7. The Hall–Kier alpha value is -2.18. The highest BCUT2D eigenvalue weighted by Gasteiger charge is 2.45. The van der Waals surface area contributed by atoms with E-state index in [2.05, 4.69) is 0 Å². The van der Waals surface area contributed by atoms with Crippen LogP contribution in [0.4, 0.5) is 13.2 Å². The van der Waals surface area contributed by atoms with E-state index < -0.39 is 24.6 Å². The monoisotopic (exact) mass is 301 g/mol. The van der Waals surface area contributed by atoms with Gasteiger partial charge in [-0.05, 0) is 25.1 Å². The molecule has 0 bridgehead atoms. The van der Waals surface area contributed by atoms with Crippen molar-refractivity contribution in [3.63, 3.8) is 0 Å². The van der Waals surface area contributed by atoms with Crippen molar-refractivity contribution in [3.05, 3.63) is 30.5 Å². The lowest BCUT2D eigenvalue weighted by Gasteiger charge is -2.17. The van der Waals surface area contributed by atoms with Gasteiger partial charge in [-0.3, -0.25) is 4.79 Å². The number of ether oxygens (including phenoxy) is 1. The summed E-state index contributed by atoms with van der Waals surface area (Å²) in [5.74, 6) is -3.76. The van der Waals surface area contributed by atoms with Gasteiger partial charge in [-0.25, -0.2) is 0 Å². The third kappa shape index (κ3) is 3.12. The summed E-state index contributed by atoms with van der Waals surface area (Å²) in [6.45, 7) is 1.57. The van der Waals surface area contributed by atoms with E-state index in [0.717, 1.165) is 0 Å². The van der Waals surface area contributed by atoms with Gasteiger partial charge in [-0.2, -0.15) is 13.2 Å². The smallest absolute Gasteiger partial charge is 0.403 e. The Morgan fingerprint density at radius 1 is 1.38 bits per heavy atom. The highest BCUT2D eigenvalue weighted by atomic mass is 19.4. The normalized spacial score (nSPS) is 13.3. The number of carboxylic acid groups (broad SMARTS) is 1. The molecular formula is C14H14F3NO3. The van der Waals surface area contributed by atoms with Crippen molar-refractivity contribution in [1.29, 1.82) is 0 Å². The fraction of sp³-hybridized carbons (Fsp3) is 0.357. The fourth-order valence-electron chi connectivity index (χ4n) is 2.15. The summed E-state index contributed by atoms with van der Waals surface area (Å²) in [4.78, 5) is 10.8. The van der Waals surface area contributed by atoms with E-state index in [1.54, 1.807) is 31.2 Å². The third-order valence-electron chi connectivity index (χ3n) is 3.15. The molecule has 1 aromatic heterocycles. The van der Waals surface area contributed by atoms with Crippen molar-refractivity contribution in [2.45, 2.75) is 19.6 Å². The number of halogens is 3. The molecule has 2 rings (SSSR count). The topological polar surface area (TPSA) is 51.5 Å². The molecule has 2 aromatic rings. The van der Waals surface area contributed by atoms with Crippen molar-refractivity contribution in [2.75, 3.05) is 6.61 Å². The second kappa shape index (κ2) is 5.67. The Morgan fingerprint density at radius 2 is 2.10 bits per heavy atom. The number of aliphatic carboxylic acids is 1. The van der Waals surface area contributed by atoms with Gasteiger partial charge in [0.15, 0.2) is 5.92 Å². The molecule has 0 radical (unpaired) electrons. The minimum atomic E-state index is -4.79. The van der Waals surface area contributed by atoms with Gasteiger partial charge in [0.2, 0.25) is 0 Å². The molecule has 1 heterocycles. The summed E-state index contributed by atoms with van der Waals surface area (Å²) in [7, 11) is 0. The molecule has 1 unspecified atom stereocenters. The Bertz CT molecular complexity index is 648. The molecule has 1 aromatic carbocycles. The molecule has 1 N–H and O–H groups in total.